The number of ether oxygens (including phenoxy) is 2. The lowest BCUT2D eigenvalue weighted by Gasteiger charge is -2.26. The summed E-state index contributed by atoms with van der Waals surface area (Å²) >= 11 is 0. The molecule has 4 rings (SSSR count). The average molecular weight is 472 g/mol. The molecule has 0 aromatic heterocycles. The van der Waals surface area contributed by atoms with Crippen LogP contribution >= 0.6 is 0 Å². The molecule has 178 valence electrons. The van der Waals surface area contributed by atoms with Gasteiger partial charge in [-0.3, -0.25) is 5.32 Å². The first-order valence-electron chi connectivity index (χ1n) is 11.2. The molecule has 0 radical (unpaired) electrons. The first kappa shape index (κ1) is 23.8. The predicted molar refractivity (Wildman–Crippen MR) is 135 cm³/mol. The zero-order valence-electron chi connectivity index (χ0n) is 19.0. The number of benzene rings is 4. The summed E-state index contributed by atoms with van der Waals surface area (Å²) in [5.74, 6) is -1.07. The molecule has 0 aliphatic heterocycles. The Kier molecular flexibility index (Phi) is 7.28. The molecule has 7 heteroatoms. The highest BCUT2D eigenvalue weighted by Crippen LogP contribution is 2.35. The van der Waals surface area contributed by atoms with Gasteiger partial charge in [0.25, 0.3) is 0 Å². The van der Waals surface area contributed by atoms with E-state index in [2.05, 4.69) is 5.32 Å². The highest BCUT2D eigenvalue weighted by atomic mass is 16.6. The summed E-state index contributed by atoms with van der Waals surface area (Å²) in [6.45, 7) is 2.03. The number of nitrogens with one attached hydrogen (secondary N) is 1. The Labute approximate surface area is 202 Å². The lowest BCUT2D eigenvalue weighted by molar-refractivity contribution is -0.131. The van der Waals surface area contributed by atoms with Gasteiger partial charge in [0, 0.05) is 29.0 Å². The van der Waals surface area contributed by atoms with Crippen LogP contribution in [-0.4, -0.2) is 35.0 Å². The van der Waals surface area contributed by atoms with E-state index in [1.165, 1.54) is 12.1 Å². The second kappa shape index (κ2) is 10.7. The van der Waals surface area contributed by atoms with Crippen molar-refractivity contribution in [3.8, 4) is 5.75 Å². The van der Waals surface area contributed by atoms with E-state index in [1.807, 2.05) is 36.4 Å². The van der Waals surface area contributed by atoms with E-state index in [0.29, 0.717) is 22.0 Å². The van der Waals surface area contributed by atoms with Crippen molar-refractivity contribution in [3.63, 3.8) is 0 Å². The molecule has 7 nitrogen and oxygen atoms in total. The number of hydrogen-bond acceptors (Lipinski definition) is 5. The number of fused-ring (bicyclic) bond motifs is 2. The zero-order valence-corrected chi connectivity index (χ0v) is 19.0. The van der Waals surface area contributed by atoms with E-state index < -0.39 is 24.3 Å². The number of carboxylic acids is 1. The van der Waals surface area contributed by atoms with E-state index in [0.717, 1.165) is 16.8 Å². The molecule has 0 unspecified atom stereocenters. The average Bonchev–Trinajstić information content (AvgIpc) is 2.86. The molecule has 0 spiro atoms. The van der Waals surface area contributed by atoms with Crippen molar-refractivity contribution in [2.75, 3.05) is 11.9 Å². The fourth-order valence-corrected chi connectivity index (χ4v) is 4.06. The number of rotatable bonds is 8. The largest absolute Gasteiger partial charge is 0.507 e. The summed E-state index contributed by atoms with van der Waals surface area (Å²) in [6, 6.07) is 23.5. The number of carbonyl (C=O) groups excluding carboxylic acids is 1. The Balaban J connectivity index is 1.74. The molecule has 1 amide bonds. The third-order valence-corrected chi connectivity index (χ3v) is 5.59. The first-order chi connectivity index (χ1) is 17.0. The Hall–Kier alpha value is -4.36. The predicted octanol–water partition coefficient (Wildman–Crippen LogP) is 6.03. The monoisotopic (exact) mass is 471 g/mol. The number of anilines is 1. The maximum absolute atomic E-state index is 13.1. The Morgan fingerprint density at radius 2 is 1.60 bits per heavy atom. The van der Waals surface area contributed by atoms with Crippen LogP contribution < -0.4 is 5.32 Å². The van der Waals surface area contributed by atoms with Gasteiger partial charge < -0.3 is 19.7 Å². The third-order valence-electron chi connectivity index (χ3n) is 5.59. The maximum Gasteiger partial charge on any atom is 0.412 e. The minimum absolute atomic E-state index is 0.0809. The van der Waals surface area contributed by atoms with Crippen LogP contribution in [0.4, 0.5) is 10.5 Å². The molecule has 0 aliphatic rings. The highest BCUT2D eigenvalue weighted by molar-refractivity contribution is 6.00. The van der Waals surface area contributed by atoms with Crippen LogP contribution in [0.15, 0.2) is 91.0 Å². The smallest absolute Gasteiger partial charge is 0.412 e. The second-order valence-corrected chi connectivity index (χ2v) is 7.81. The summed E-state index contributed by atoms with van der Waals surface area (Å²) in [4.78, 5) is 24.3. The molecular weight excluding hydrogens is 446 g/mol. The summed E-state index contributed by atoms with van der Waals surface area (Å²) in [6.07, 6.45) is -0.295. The summed E-state index contributed by atoms with van der Waals surface area (Å²) in [7, 11) is 0. The summed E-state index contributed by atoms with van der Waals surface area (Å²) < 4.78 is 11.7. The van der Waals surface area contributed by atoms with E-state index in [4.69, 9.17) is 9.47 Å². The van der Waals surface area contributed by atoms with Crippen molar-refractivity contribution in [1.29, 1.82) is 0 Å². The van der Waals surface area contributed by atoms with Gasteiger partial charge in [-0.2, -0.15) is 0 Å². The van der Waals surface area contributed by atoms with Crippen LogP contribution in [0.25, 0.3) is 21.5 Å². The standard InChI is InChI=1S/C28H25NO6/c1-2-34-25(16-17-26(31)32)27(22-14-15-24(30)21-12-6-5-11-20(21)22)35-28(33)29-23-13-7-9-18-8-3-4-10-19(18)23/h3-17,25,27,30H,2H2,1H3,(H,29,33)(H,31,32)/b17-16+/t25-,27-/m0/s1. The quantitative estimate of drug-likeness (QED) is 0.271. The van der Waals surface area contributed by atoms with Crippen LogP contribution in [-0.2, 0) is 14.3 Å². The highest BCUT2D eigenvalue weighted by Gasteiger charge is 2.28. The fourth-order valence-electron chi connectivity index (χ4n) is 4.06. The van der Waals surface area contributed by atoms with Crippen LogP contribution in [0.5, 0.6) is 5.75 Å². The SMILES string of the molecule is CCO[C@@H](/C=C/C(=O)O)[C@@H](OC(=O)Nc1cccc2ccccc12)c1ccc(O)c2ccccc12. The maximum atomic E-state index is 13.1. The van der Waals surface area contributed by atoms with Crippen molar-refractivity contribution in [2.24, 2.45) is 0 Å². The minimum Gasteiger partial charge on any atom is -0.507 e. The van der Waals surface area contributed by atoms with Gasteiger partial charge in [0.2, 0.25) is 0 Å². The second-order valence-electron chi connectivity index (χ2n) is 7.81. The fraction of sp³-hybridized carbons (Fsp3) is 0.143. The van der Waals surface area contributed by atoms with E-state index >= 15 is 0 Å². The number of phenols is 1. The van der Waals surface area contributed by atoms with Gasteiger partial charge >= 0.3 is 12.1 Å². The molecule has 4 aromatic carbocycles. The molecule has 3 N–H and O–H groups in total. The van der Waals surface area contributed by atoms with E-state index in [9.17, 15) is 19.8 Å². The Bertz CT molecular complexity index is 1390. The van der Waals surface area contributed by atoms with Crippen LogP contribution in [0.3, 0.4) is 0 Å². The molecule has 0 heterocycles. The number of aliphatic carboxylic acids is 1. The molecule has 0 saturated heterocycles. The number of aromatic hydroxyl groups is 1. The number of phenolic OH excluding ortho intramolecular Hbond substituents is 1. The molecule has 2 atom stereocenters. The Morgan fingerprint density at radius 1 is 0.914 bits per heavy atom. The molecule has 0 saturated carbocycles. The van der Waals surface area contributed by atoms with Gasteiger partial charge in [0.1, 0.15) is 11.9 Å². The minimum atomic E-state index is -1.15. The van der Waals surface area contributed by atoms with Gasteiger partial charge in [0.15, 0.2) is 6.10 Å². The molecule has 0 aliphatic carbocycles. The van der Waals surface area contributed by atoms with Crippen molar-refractivity contribution in [3.05, 3.63) is 96.6 Å². The normalized spacial score (nSPS) is 13.1. The molecule has 0 fully saturated rings. The van der Waals surface area contributed by atoms with Crippen LogP contribution in [0, 0.1) is 0 Å². The summed E-state index contributed by atoms with van der Waals surface area (Å²) in [5, 5.41) is 25.3. The van der Waals surface area contributed by atoms with Crippen molar-refractivity contribution < 1.29 is 29.3 Å². The van der Waals surface area contributed by atoms with Crippen molar-refractivity contribution >= 4 is 39.3 Å². The molecule has 4 aromatic rings. The summed E-state index contributed by atoms with van der Waals surface area (Å²) in [5.41, 5.74) is 1.15. The number of carbonyl (C=O) groups is 2. The van der Waals surface area contributed by atoms with Gasteiger partial charge in [-0.25, -0.2) is 9.59 Å². The first-order valence-corrected chi connectivity index (χ1v) is 11.2. The number of carboxylic acid groups (broad SMARTS) is 1. The number of hydrogen-bond donors (Lipinski definition) is 3. The van der Waals surface area contributed by atoms with E-state index in [-0.39, 0.29) is 12.4 Å². The van der Waals surface area contributed by atoms with Gasteiger partial charge in [-0.15, -0.1) is 0 Å². The molecule has 0 bridgehead atoms. The van der Waals surface area contributed by atoms with Crippen molar-refractivity contribution in [2.45, 2.75) is 19.1 Å². The van der Waals surface area contributed by atoms with Crippen molar-refractivity contribution in [1.82, 2.24) is 0 Å². The van der Waals surface area contributed by atoms with Gasteiger partial charge in [-0.05, 0) is 35.9 Å². The van der Waals surface area contributed by atoms with Crippen LogP contribution in [0.2, 0.25) is 0 Å². The zero-order chi connectivity index (χ0) is 24.8. The lowest BCUT2D eigenvalue weighted by Crippen LogP contribution is -2.28. The van der Waals surface area contributed by atoms with E-state index in [1.54, 1.807) is 43.3 Å². The van der Waals surface area contributed by atoms with Gasteiger partial charge in [0.05, 0.1) is 5.69 Å². The van der Waals surface area contributed by atoms with Gasteiger partial charge in [-0.1, -0.05) is 66.7 Å². The molecule has 35 heavy (non-hydrogen) atoms. The number of amides is 1. The van der Waals surface area contributed by atoms with Crippen LogP contribution in [0.1, 0.15) is 18.6 Å². The lowest BCUT2D eigenvalue weighted by atomic mass is 9.96. The molecular formula is C28H25NO6. The Morgan fingerprint density at radius 3 is 2.34 bits per heavy atom. The third kappa shape index (κ3) is 5.42. The topological polar surface area (TPSA) is 105 Å².